The van der Waals surface area contributed by atoms with Crippen LogP contribution in [0.3, 0.4) is 0 Å². The van der Waals surface area contributed by atoms with Crippen LogP contribution >= 0.6 is 11.3 Å². The Balaban J connectivity index is 0.971. The van der Waals surface area contributed by atoms with Crippen molar-refractivity contribution in [3.05, 3.63) is 223 Å². The van der Waals surface area contributed by atoms with Gasteiger partial charge in [-0.1, -0.05) is 166 Å². The van der Waals surface area contributed by atoms with E-state index in [1.165, 1.54) is 86.9 Å². The Morgan fingerprint density at radius 1 is 0.339 bits per heavy atom. The number of benzene rings is 9. The van der Waals surface area contributed by atoms with Gasteiger partial charge in [0.2, 0.25) is 0 Å². The van der Waals surface area contributed by atoms with Crippen LogP contribution in [-0.4, -0.2) is 0 Å². The van der Waals surface area contributed by atoms with Gasteiger partial charge in [-0.05, 0) is 127 Å². The summed E-state index contributed by atoms with van der Waals surface area (Å²) in [6, 6.07) is 78.0. The SMILES string of the molecule is CC1(C)c2ccc(-c3ccc(N(c4ccc(-c5cccc6sc7ccccc7c56)cc4)c4cccc(-c5ccccc5)c4)cc3)cc2-c2ccc(-c3ccccc3)cc21. The second-order valence-corrected chi connectivity index (χ2v) is 17.2. The Bertz CT molecular complexity index is 3160. The van der Waals surface area contributed by atoms with Crippen LogP contribution < -0.4 is 4.90 Å². The summed E-state index contributed by atoms with van der Waals surface area (Å²) >= 11 is 1.87. The molecule has 11 rings (SSSR count). The van der Waals surface area contributed by atoms with E-state index in [-0.39, 0.29) is 5.41 Å². The molecule has 0 spiro atoms. The molecule has 0 amide bonds. The van der Waals surface area contributed by atoms with E-state index in [0.717, 1.165) is 17.1 Å². The van der Waals surface area contributed by atoms with Gasteiger partial charge >= 0.3 is 0 Å². The van der Waals surface area contributed by atoms with Crippen LogP contribution in [0.15, 0.2) is 212 Å². The molecule has 1 nitrogen and oxygen atoms in total. The molecular weight excluding hydrogens is 731 g/mol. The van der Waals surface area contributed by atoms with Crippen LogP contribution in [0, 0.1) is 0 Å². The summed E-state index contributed by atoms with van der Waals surface area (Å²) in [6.07, 6.45) is 0. The van der Waals surface area contributed by atoms with Crippen molar-refractivity contribution in [3.8, 4) is 55.6 Å². The third-order valence-electron chi connectivity index (χ3n) is 12.3. The molecule has 0 radical (unpaired) electrons. The van der Waals surface area contributed by atoms with E-state index in [1.807, 2.05) is 11.3 Å². The van der Waals surface area contributed by atoms with E-state index in [0.29, 0.717) is 0 Å². The molecule has 10 aromatic rings. The van der Waals surface area contributed by atoms with E-state index in [4.69, 9.17) is 0 Å². The minimum Gasteiger partial charge on any atom is -0.310 e. The number of anilines is 3. The van der Waals surface area contributed by atoms with Crippen LogP contribution in [0.25, 0.3) is 75.8 Å². The van der Waals surface area contributed by atoms with Gasteiger partial charge in [0.15, 0.2) is 0 Å². The zero-order valence-electron chi connectivity index (χ0n) is 33.1. The Morgan fingerprint density at radius 3 is 1.61 bits per heavy atom. The Hall–Kier alpha value is -7.00. The number of nitrogens with zero attached hydrogens (tertiary/aromatic N) is 1. The molecule has 280 valence electrons. The molecule has 1 aliphatic carbocycles. The normalized spacial score (nSPS) is 12.7. The van der Waals surface area contributed by atoms with E-state index in [1.54, 1.807) is 0 Å². The quantitative estimate of drug-likeness (QED) is 0.156. The van der Waals surface area contributed by atoms with E-state index in [2.05, 4.69) is 231 Å². The van der Waals surface area contributed by atoms with Gasteiger partial charge in [-0.2, -0.15) is 0 Å². The zero-order chi connectivity index (χ0) is 39.5. The first-order chi connectivity index (χ1) is 29.0. The lowest BCUT2D eigenvalue weighted by Gasteiger charge is -2.26. The highest BCUT2D eigenvalue weighted by atomic mass is 32.1. The van der Waals surface area contributed by atoms with Gasteiger partial charge < -0.3 is 4.90 Å². The summed E-state index contributed by atoms with van der Waals surface area (Å²) in [5.41, 5.74) is 18.5. The molecule has 1 aliphatic rings. The first-order valence-electron chi connectivity index (χ1n) is 20.4. The molecule has 1 heterocycles. The highest BCUT2D eigenvalue weighted by Crippen LogP contribution is 2.51. The van der Waals surface area contributed by atoms with Gasteiger partial charge in [-0.15, -0.1) is 11.3 Å². The smallest absolute Gasteiger partial charge is 0.0467 e. The van der Waals surface area contributed by atoms with Crippen LogP contribution in [0.4, 0.5) is 17.1 Å². The van der Waals surface area contributed by atoms with Gasteiger partial charge in [-0.3, -0.25) is 0 Å². The predicted octanol–water partition coefficient (Wildman–Crippen LogP) is 16.5. The summed E-state index contributed by atoms with van der Waals surface area (Å²) in [5, 5.41) is 2.65. The lowest BCUT2D eigenvalue weighted by atomic mass is 9.81. The molecule has 0 bridgehead atoms. The maximum absolute atomic E-state index is 2.40. The first kappa shape index (κ1) is 35.2. The first-order valence-corrected chi connectivity index (χ1v) is 21.2. The number of fused-ring (bicyclic) bond motifs is 6. The zero-order valence-corrected chi connectivity index (χ0v) is 33.9. The van der Waals surface area contributed by atoms with Gasteiger partial charge in [0.25, 0.3) is 0 Å². The fourth-order valence-corrected chi connectivity index (χ4v) is 10.4. The van der Waals surface area contributed by atoms with Crippen molar-refractivity contribution >= 4 is 48.6 Å². The highest BCUT2D eigenvalue weighted by Gasteiger charge is 2.35. The molecule has 1 aromatic heterocycles. The molecule has 0 N–H and O–H groups in total. The molecular formula is C57H41NS. The third-order valence-corrected chi connectivity index (χ3v) is 13.4. The van der Waals surface area contributed by atoms with Crippen molar-refractivity contribution in [3.63, 3.8) is 0 Å². The standard InChI is InChI=1S/C57H41NS/c1-57(2)52-34-28-43(36-51(52)49-33-27-44(37-53(49)57)39-15-7-4-8-16-39)40-23-29-45(30-24-40)58(47-18-11-17-42(35-47)38-13-5-3-6-14-38)46-31-25-41(26-32-46)48-20-12-22-55-56(48)50-19-9-10-21-54(50)59-55/h3-37H,1-2H3. The Labute approximate surface area is 350 Å². The molecule has 0 fully saturated rings. The lowest BCUT2D eigenvalue weighted by Crippen LogP contribution is -2.15. The van der Waals surface area contributed by atoms with E-state index >= 15 is 0 Å². The summed E-state index contributed by atoms with van der Waals surface area (Å²) in [7, 11) is 0. The molecule has 59 heavy (non-hydrogen) atoms. The molecule has 0 saturated heterocycles. The molecule has 0 unspecified atom stereocenters. The van der Waals surface area contributed by atoms with Crippen molar-refractivity contribution < 1.29 is 0 Å². The van der Waals surface area contributed by atoms with Crippen molar-refractivity contribution in [2.24, 2.45) is 0 Å². The maximum atomic E-state index is 2.40. The summed E-state index contributed by atoms with van der Waals surface area (Å²) < 4.78 is 2.64. The second kappa shape index (κ2) is 14.1. The van der Waals surface area contributed by atoms with Gasteiger partial charge in [0, 0.05) is 42.6 Å². The molecule has 9 aromatic carbocycles. The third kappa shape index (κ3) is 6.07. The van der Waals surface area contributed by atoms with Gasteiger partial charge in [0.1, 0.15) is 0 Å². The van der Waals surface area contributed by atoms with Crippen LogP contribution in [0.5, 0.6) is 0 Å². The number of hydrogen-bond donors (Lipinski definition) is 0. The van der Waals surface area contributed by atoms with Gasteiger partial charge in [-0.25, -0.2) is 0 Å². The molecule has 0 aliphatic heterocycles. The fraction of sp³-hybridized carbons (Fsp3) is 0.0526. The maximum Gasteiger partial charge on any atom is 0.0467 e. The molecule has 0 atom stereocenters. The topological polar surface area (TPSA) is 3.24 Å². The Kier molecular flexibility index (Phi) is 8.43. The summed E-state index contributed by atoms with van der Waals surface area (Å²) in [5.74, 6) is 0. The average molecular weight is 772 g/mol. The summed E-state index contributed by atoms with van der Waals surface area (Å²) in [4.78, 5) is 2.38. The predicted molar refractivity (Wildman–Crippen MR) is 253 cm³/mol. The monoisotopic (exact) mass is 771 g/mol. The van der Waals surface area contributed by atoms with Crippen molar-refractivity contribution in [1.82, 2.24) is 0 Å². The van der Waals surface area contributed by atoms with Crippen molar-refractivity contribution in [1.29, 1.82) is 0 Å². The van der Waals surface area contributed by atoms with E-state index in [9.17, 15) is 0 Å². The van der Waals surface area contributed by atoms with Crippen LogP contribution in [-0.2, 0) is 5.41 Å². The van der Waals surface area contributed by atoms with Crippen molar-refractivity contribution in [2.45, 2.75) is 19.3 Å². The minimum absolute atomic E-state index is 0.0772. The van der Waals surface area contributed by atoms with Gasteiger partial charge in [0.05, 0.1) is 0 Å². The Morgan fingerprint density at radius 2 is 0.881 bits per heavy atom. The fourth-order valence-electron chi connectivity index (χ4n) is 9.25. The largest absolute Gasteiger partial charge is 0.310 e. The lowest BCUT2D eigenvalue weighted by molar-refractivity contribution is 0.660. The number of rotatable bonds is 7. The van der Waals surface area contributed by atoms with Crippen molar-refractivity contribution in [2.75, 3.05) is 4.90 Å². The van der Waals surface area contributed by atoms with Crippen LogP contribution in [0.1, 0.15) is 25.0 Å². The second-order valence-electron chi connectivity index (χ2n) is 16.1. The summed E-state index contributed by atoms with van der Waals surface area (Å²) in [6.45, 7) is 4.72. The van der Waals surface area contributed by atoms with E-state index < -0.39 is 0 Å². The number of thiophene rings is 1. The number of hydrogen-bond acceptors (Lipinski definition) is 2. The highest BCUT2D eigenvalue weighted by molar-refractivity contribution is 7.25. The molecule has 0 saturated carbocycles. The van der Waals surface area contributed by atoms with Crippen LogP contribution in [0.2, 0.25) is 0 Å². The average Bonchev–Trinajstić information content (AvgIpc) is 3.79. The molecule has 2 heteroatoms. The minimum atomic E-state index is -0.0772.